The van der Waals surface area contributed by atoms with Gasteiger partial charge in [-0.05, 0) is 12.1 Å². The van der Waals surface area contributed by atoms with Gasteiger partial charge in [-0.2, -0.15) is 0 Å². The first-order chi connectivity index (χ1) is 9.33. The Morgan fingerprint density at radius 1 is 1.30 bits per heavy atom. The summed E-state index contributed by atoms with van der Waals surface area (Å²) in [6.07, 6.45) is 0.679. The molecule has 1 heterocycles. The molecule has 1 aromatic carbocycles. The van der Waals surface area contributed by atoms with Crippen LogP contribution in [0.5, 0.6) is 0 Å². The molecule has 0 aliphatic rings. The molecule has 3 nitrogen and oxygen atoms in total. The molecule has 0 saturated carbocycles. The molecule has 0 N–H and O–H groups in total. The molecule has 0 saturated heterocycles. The summed E-state index contributed by atoms with van der Waals surface area (Å²) in [6, 6.07) is 2.58. The van der Waals surface area contributed by atoms with Gasteiger partial charge in [0.25, 0.3) is 0 Å². The molecule has 0 aliphatic carbocycles. The molecule has 0 spiro atoms. The van der Waals surface area contributed by atoms with Gasteiger partial charge < -0.3 is 9.30 Å². The molecule has 0 atom stereocenters. The van der Waals surface area contributed by atoms with Crippen molar-refractivity contribution in [1.82, 2.24) is 9.55 Å². The van der Waals surface area contributed by atoms with E-state index in [0.717, 1.165) is 6.07 Å². The number of halogens is 3. The summed E-state index contributed by atoms with van der Waals surface area (Å²) in [7, 11) is -1.33. The summed E-state index contributed by atoms with van der Waals surface area (Å²) in [5, 5.41) is 0. The molecular formula is C13H17ClF2N2OSi. The predicted octanol–water partition coefficient (Wildman–Crippen LogP) is 3.90. The molecule has 7 heteroatoms. The molecular weight excluding hydrogens is 302 g/mol. The van der Waals surface area contributed by atoms with E-state index in [4.69, 9.17) is 16.3 Å². The minimum absolute atomic E-state index is 0.00254. The largest absolute Gasteiger partial charge is 0.364 e. The first kappa shape index (κ1) is 15.4. The highest BCUT2D eigenvalue weighted by Gasteiger charge is 2.18. The lowest BCUT2D eigenvalue weighted by molar-refractivity contribution is 0.110. The zero-order valence-electron chi connectivity index (χ0n) is 11.7. The van der Waals surface area contributed by atoms with Crippen LogP contribution >= 0.6 is 11.6 Å². The molecule has 0 amide bonds. The van der Waals surface area contributed by atoms with E-state index >= 15 is 0 Å². The fourth-order valence-corrected chi connectivity index (χ4v) is 2.78. The Bertz CT molecular complexity index is 625. The van der Waals surface area contributed by atoms with Gasteiger partial charge in [0.05, 0.1) is 19.5 Å². The fraction of sp³-hybridized carbons (Fsp3) is 0.462. The number of nitrogens with zero attached hydrogens (tertiary/aromatic N) is 2. The minimum Gasteiger partial charge on any atom is -0.364 e. The van der Waals surface area contributed by atoms with E-state index in [1.807, 2.05) is 0 Å². The standard InChI is InChI=1S/C13H17ClF2N2OSi/c1-20(2,3)8-19-7-18-10-5-4-9(15)12(16)13(10)17-11(18)6-14/h4-5H,6-8H2,1-3H3. The molecule has 1 aromatic heterocycles. The Morgan fingerprint density at radius 2 is 2.00 bits per heavy atom. The molecule has 0 bridgehead atoms. The van der Waals surface area contributed by atoms with Gasteiger partial charge in [0, 0.05) is 6.23 Å². The van der Waals surface area contributed by atoms with Crippen molar-refractivity contribution in [1.29, 1.82) is 0 Å². The zero-order chi connectivity index (χ0) is 14.9. The van der Waals surface area contributed by atoms with Crippen LogP contribution < -0.4 is 0 Å². The second-order valence-corrected chi connectivity index (χ2v) is 11.5. The summed E-state index contributed by atoms with van der Waals surface area (Å²) in [4.78, 5) is 4.05. The van der Waals surface area contributed by atoms with Crippen LogP contribution in [0, 0.1) is 11.6 Å². The molecule has 20 heavy (non-hydrogen) atoms. The van der Waals surface area contributed by atoms with Gasteiger partial charge in [-0.15, -0.1) is 11.6 Å². The van der Waals surface area contributed by atoms with Crippen molar-refractivity contribution in [3.05, 3.63) is 29.6 Å². The average Bonchev–Trinajstić information content (AvgIpc) is 2.71. The van der Waals surface area contributed by atoms with E-state index in [1.54, 1.807) is 4.57 Å². The normalized spacial score (nSPS) is 12.3. The lowest BCUT2D eigenvalue weighted by atomic mass is 10.3. The number of hydrogen-bond donors (Lipinski definition) is 0. The van der Waals surface area contributed by atoms with Crippen LogP contribution in [0.1, 0.15) is 5.82 Å². The Kier molecular flexibility index (Phi) is 4.46. The number of benzene rings is 1. The number of imidazole rings is 1. The van der Waals surface area contributed by atoms with Gasteiger partial charge in [-0.1, -0.05) is 19.6 Å². The van der Waals surface area contributed by atoms with Crippen LogP contribution in [-0.2, 0) is 17.3 Å². The summed E-state index contributed by atoms with van der Waals surface area (Å²) in [5.74, 6) is -1.27. The van der Waals surface area contributed by atoms with Gasteiger partial charge in [-0.25, -0.2) is 13.8 Å². The summed E-state index contributed by atoms with van der Waals surface area (Å²) < 4.78 is 34.3. The van der Waals surface area contributed by atoms with Crippen molar-refractivity contribution < 1.29 is 13.5 Å². The Hall–Kier alpha value is -0.983. The summed E-state index contributed by atoms with van der Waals surface area (Å²) >= 11 is 5.82. The monoisotopic (exact) mass is 318 g/mol. The first-order valence-corrected chi connectivity index (χ1v) is 10.5. The van der Waals surface area contributed by atoms with Crippen molar-refractivity contribution in [2.45, 2.75) is 32.3 Å². The maximum absolute atomic E-state index is 13.7. The van der Waals surface area contributed by atoms with Gasteiger partial charge in [0.15, 0.2) is 11.6 Å². The smallest absolute Gasteiger partial charge is 0.186 e. The fourth-order valence-electron chi connectivity index (χ4n) is 1.87. The maximum Gasteiger partial charge on any atom is 0.186 e. The van der Waals surface area contributed by atoms with Crippen LogP contribution in [-0.4, -0.2) is 23.9 Å². The molecule has 0 unspecified atom stereocenters. The van der Waals surface area contributed by atoms with E-state index in [1.165, 1.54) is 6.07 Å². The molecule has 2 rings (SSSR count). The van der Waals surface area contributed by atoms with Crippen molar-refractivity contribution in [3.63, 3.8) is 0 Å². The predicted molar refractivity (Wildman–Crippen MR) is 78.5 cm³/mol. The lowest BCUT2D eigenvalue weighted by Gasteiger charge is -2.17. The van der Waals surface area contributed by atoms with E-state index in [9.17, 15) is 8.78 Å². The minimum atomic E-state index is -1.33. The van der Waals surface area contributed by atoms with Gasteiger partial charge in [-0.3, -0.25) is 0 Å². The topological polar surface area (TPSA) is 27.1 Å². The van der Waals surface area contributed by atoms with Crippen LogP contribution in [0.4, 0.5) is 8.78 Å². The van der Waals surface area contributed by atoms with Crippen LogP contribution in [0.25, 0.3) is 11.0 Å². The molecule has 110 valence electrons. The van der Waals surface area contributed by atoms with Gasteiger partial charge >= 0.3 is 0 Å². The van der Waals surface area contributed by atoms with E-state index in [-0.39, 0.29) is 18.1 Å². The van der Waals surface area contributed by atoms with Crippen molar-refractivity contribution in [3.8, 4) is 0 Å². The van der Waals surface area contributed by atoms with Crippen LogP contribution in [0.2, 0.25) is 19.6 Å². The number of aromatic nitrogens is 2. The number of hydrogen-bond acceptors (Lipinski definition) is 2. The third kappa shape index (κ3) is 3.19. The average molecular weight is 319 g/mol. The Morgan fingerprint density at radius 3 is 2.60 bits per heavy atom. The van der Waals surface area contributed by atoms with E-state index in [0.29, 0.717) is 17.6 Å². The lowest BCUT2D eigenvalue weighted by Crippen LogP contribution is -2.28. The second kappa shape index (κ2) is 5.79. The Labute approximate surface area is 122 Å². The SMILES string of the molecule is C[Si](C)(C)COCn1c(CCl)nc2c(F)c(F)ccc21. The third-order valence-electron chi connectivity index (χ3n) is 2.77. The molecule has 0 aliphatic heterocycles. The van der Waals surface area contributed by atoms with E-state index in [2.05, 4.69) is 24.6 Å². The first-order valence-electron chi connectivity index (χ1n) is 6.30. The zero-order valence-corrected chi connectivity index (χ0v) is 13.5. The van der Waals surface area contributed by atoms with E-state index < -0.39 is 19.7 Å². The van der Waals surface area contributed by atoms with Gasteiger partial charge in [0.2, 0.25) is 0 Å². The van der Waals surface area contributed by atoms with Crippen LogP contribution in [0.3, 0.4) is 0 Å². The highest BCUT2D eigenvalue weighted by atomic mass is 35.5. The molecule has 2 aromatic rings. The van der Waals surface area contributed by atoms with Crippen molar-refractivity contribution >= 4 is 30.7 Å². The van der Waals surface area contributed by atoms with Crippen molar-refractivity contribution in [2.75, 3.05) is 6.23 Å². The number of fused-ring (bicyclic) bond motifs is 1. The number of ether oxygens (including phenoxy) is 1. The molecule has 0 radical (unpaired) electrons. The number of alkyl halides is 1. The summed E-state index contributed by atoms with van der Waals surface area (Å²) in [5.41, 5.74) is 0.493. The number of rotatable bonds is 5. The van der Waals surface area contributed by atoms with Crippen molar-refractivity contribution in [2.24, 2.45) is 0 Å². The molecule has 0 fully saturated rings. The second-order valence-electron chi connectivity index (χ2n) is 5.86. The van der Waals surface area contributed by atoms with Gasteiger partial charge in [0.1, 0.15) is 18.1 Å². The van der Waals surface area contributed by atoms with Crippen LogP contribution in [0.15, 0.2) is 12.1 Å². The maximum atomic E-state index is 13.7. The Balaban J connectivity index is 2.34. The highest BCUT2D eigenvalue weighted by Crippen LogP contribution is 2.22. The highest BCUT2D eigenvalue weighted by molar-refractivity contribution is 6.76. The summed E-state index contributed by atoms with van der Waals surface area (Å²) in [6.45, 7) is 6.82. The third-order valence-corrected chi connectivity index (χ3v) is 4.08. The quantitative estimate of drug-likeness (QED) is 0.617.